The van der Waals surface area contributed by atoms with Crippen LogP contribution in [0.4, 0.5) is 0 Å². The van der Waals surface area contributed by atoms with E-state index in [0.717, 1.165) is 17.5 Å². The number of aliphatic carboxylic acids is 1. The van der Waals surface area contributed by atoms with Gasteiger partial charge in [0, 0.05) is 12.1 Å². The summed E-state index contributed by atoms with van der Waals surface area (Å²) < 4.78 is 0. The maximum atomic E-state index is 12.4. The van der Waals surface area contributed by atoms with E-state index in [-0.39, 0.29) is 11.8 Å². The number of benzene rings is 1. The highest BCUT2D eigenvalue weighted by Gasteiger charge is 2.39. The molecular formula is C15H19NO3. The number of hydrogen-bond acceptors (Lipinski definition) is 2. The first kappa shape index (κ1) is 13.6. The first-order valence-corrected chi connectivity index (χ1v) is 6.53. The number of amides is 1. The van der Waals surface area contributed by atoms with Crippen molar-refractivity contribution in [2.45, 2.75) is 33.2 Å². The largest absolute Gasteiger partial charge is 0.480 e. The summed E-state index contributed by atoms with van der Waals surface area (Å²) in [6.45, 7) is 6.34. The molecule has 4 heteroatoms. The second-order valence-corrected chi connectivity index (χ2v) is 5.35. The third kappa shape index (κ3) is 2.48. The average molecular weight is 261 g/mol. The van der Waals surface area contributed by atoms with Gasteiger partial charge in [-0.3, -0.25) is 4.79 Å². The number of carbonyl (C=O) groups excluding carboxylic acids is 1. The Morgan fingerprint density at radius 1 is 1.26 bits per heavy atom. The lowest BCUT2D eigenvalue weighted by atomic mass is 10.0. The average Bonchev–Trinajstić information content (AvgIpc) is 2.74. The van der Waals surface area contributed by atoms with Crippen LogP contribution in [0.2, 0.25) is 0 Å². The molecule has 1 heterocycles. The number of carboxylic acids is 1. The van der Waals surface area contributed by atoms with E-state index in [1.807, 2.05) is 32.9 Å². The lowest BCUT2D eigenvalue weighted by Crippen LogP contribution is -2.42. The number of likely N-dealkylation sites (tertiary alicyclic amines) is 1. The molecule has 4 nitrogen and oxygen atoms in total. The maximum Gasteiger partial charge on any atom is 0.326 e. The van der Waals surface area contributed by atoms with Gasteiger partial charge >= 0.3 is 5.97 Å². The molecule has 1 aromatic rings. The molecule has 1 fully saturated rings. The fourth-order valence-corrected chi connectivity index (χ4v) is 2.59. The summed E-state index contributed by atoms with van der Waals surface area (Å²) in [5.41, 5.74) is 2.74. The van der Waals surface area contributed by atoms with Crippen molar-refractivity contribution in [2.24, 2.45) is 5.92 Å². The Balaban J connectivity index is 2.28. The molecule has 1 aromatic carbocycles. The lowest BCUT2D eigenvalue weighted by molar-refractivity contribution is -0.142. The molecule has 2 atom stereocenters. The first-order chi connectivity index (χ1) is 8.91. The molecule has 0 bridgehead atoms. The van der Waals surface area contributed by atoms with Crippen molar-refractivity contribution in [3.63, 3.8) is 0 Å². The van der Waals surface area contributed by atoms with Crippen molar-refractivity contribution in [3.05, 3.63) is 34.9 Å². The van der Waals surface area contributed by atoms with Crippen LogP contribution in [0.5, 0.6) is 0 Å². The summed E-state index contributed by atoms with van der Waals surface area (Å²) in [6, 6.07) is 4.80. The van der Waals surface area contributed by atoms with E-state index in [4.69, 9.17) is 0 Å². The van der Waals surface area contributed by atoms with Crippen LogP contribution in [0, 0.1) is 19.8 Å². The number of carbonyl (C=O) groups is 2. The molecule has 19 heavy (non-hydrogen) atoms. The third-order valence-electron chi connectivity index (χ3n) is 3.97. The molecule has 0 spiro atoms. The molecule has 0 aliphatic carbocycles. The van der Waals surface area contributed by atoms with Crippen LogP contribution in [0.1, 0.15) is 34.8 Å². The Morgan fingerprint density at radius 2 is 1.95 bits per heavy atom. The summed E-state index contributed by atoms with van der Waals surface area (Å²) in [7, 11) is 0. The van der Waals surface area contributed by atoms with Gasteiger partial charge in [0.1, 0.15) is 6.04 Å². The van der Waals surface area contributed by atoms with Crippen LogP contribution in [-0.2, 0) is 4.79 Å². The summed E-state index contributed by atoms with van der Waals surface area (Å²) in [5, 5.41) is 9.25. The van der Waals surface area contributed by atoms with E-state index in [0.29, 0.717) is 12.1 Å². The van der Waals surface area contributed by atoms with Crippen molar-refractivity contribution in [1.82, 2.24) is 4.90 Å². The quantitative estimate of drug-likeness (QED) is 0.888. The van der Waals surface area contributed by atoms with Gasteiger partial charge in [-0.2, -0.15) is 0 Å². The van der Waals surface area contributed by atoms with Crippen molar-refractivity contribution in [1.29, 1.82) is 0 Å². The smallest absolute Gasteiger partial charge is 0.326 e. The standard InChI is InChI=1S/C15H19NO3/c1-9-4-5-12(8-11(9)3)14(17)16-7-6-10(2)13(16)15(18)19/h4-5,8,10,13H,6-7H2,1-3H3,(H,18,19). The fraction of sp³-hybridized carbons (Fsp3) is 0.467. The van der Waals surface area contributed by atoms with Crippen LogP contribution in [0.15, 0.2) is 18.2 Å². The molecular weight excluding hydrogens is 242 g/mol. The molecule has 1 saturated heterocycles. The number of aryl methyl sites for hydroxylation is 2. The number of carboxylic acid groups (broad SMARTS) is 1. The predicted molar refractivity (Wildman–Crippen MR) is 72.2 cm³/mol. The summed E-state index contributed by atoms with van der Waals surface area (Å²) in [4.78, 5) is 25.2. The van der Waals surface area contributed by atoms with Crippen molar-refractivity contribution >= 4 is 11.9 Å². The minimum atomic E-state index is -0.915. The van der Waals surface area contributed by atoms with Gasteiger partial charge in [-0.15, -0.1) is 0 Å². The van der Waals surface area contributed by atoms with Crippen LogP contribution < -0.4 is 0 Å². The van der Waals surface area contributed by atoms with Gasteiger partial charge in [-0.05, 0) is 49.4 Å². The highest BCUT2D eigenvalue weighted by Crippen LogP contribution is 2.26. The molecule has 0 radical (unpaired) electrons. The molecule has 0 saturated carbocycles. The van der Waals surface area contributed by atoms with Gasteiger partial charge < -0.3 is 10.0 Å². The molecule has 1 amide bonds. The Labute approximate surface area is 113 Å². The first-order valence-electron chi connectivity index (χ1n) is 6.53. The highest BCUT2D eigenvalue weighted by atomic mass is 16.4. The molecule has 1 N–H and O–H groups in total. The van der Waals surface area contributed by atoms with Crippen LogP contribution >= 0.6 is 0 Å². The summed E-state index contributed by atoms with van der Waals surface area (Å²) in [5.74, 6) is -1.09. The zero-order valence-electron chi connectivity index (χ0n) is 11.5. The number of rotatable bonds is 2. The monoisotopic (exact) mass is 261 g/mol. The van der Waals surface area contributed by atoms with E-state index in [9.17, 15) is 14.7 Å². The minimum absolute atomic E-state index is 0.00740. The van der Waals surface area contributed by atoms with E-state index < -0.39 is 12.0 Å². The Hall–Kier alpha value is -1.84. The molecule has 1 aliphatic rings. The van der Waals surface area contributed by atoms with Gasteiger partial charge in [-0.1, -0.05) is 13.0 Å². The Kier molecular flexibility index (Phi) is 3.60. The highest BCUT2D eigenvalue weighted by molar-refractivity contribution is 5.97. The van der Waals surface area contributed by atoms with Gasteiger partial charge in [-0.25, -0.2) is 4.79 Å². The van der Waals surface area contributed by atoms with Gasteiger partial charge in [0.15, 0.2) is 0 Å². The summed E-state index contributed by atoms with van der Waals surface area (Å²) in [6.07, 6.45) is 0.744. The third-order valence-corrected chi connectivity index (χ3v) is 3.97. The second kappa shape index (κ2) is 5.03. The second-order valence-electron chi connectivity index (χ2n) is 5.35. The van der Waals surface area contributed by atoms with Crippen molar-refractivity contribution < 1.29 is 14.7 Å². The fourth-order valence-electron chi connectivity index (χ4n) is 2.59. The van der Waals surface area contributed by atoms with Crippen LogP contribution in [0.25, 0.3) is 0 Å². The molecule has 0 aromatic heterocycles. The Bertz CT molecular complexity index is 524. The van der Waals surface area contributed by atoms with Gasteiger partial charge in [0.05, 0.1) is 0 Å². The molecule has 102 valence electrons. The lowest BCUT2D eigenvalue weighted by Gasteiger charge is -2.23. The number of hydrogen-bond donors (Lipinski definition) is 1. The van der Waals surface area contributed by atoms with E-state index in [1.165, 1.54) is 4.90 Å². The van der Waals surface area contributed by atoms with Gasteiger partial charge in [0.2, 0.25) is 0 Å². The van der Waals surface area contributed by atoms with Crippen LogP contribution in [-0.4, -0.2) is 34.5 Å². The SMILES string of the molecule is Cc1ccc(C(=O)N2CCC(C)C2C(=O)O)cc1C. The number of nitrogens with zero attached hydrogens (tertiary/aromatic N) is 1. The van der Waals surface area contributed by atoms with E-state index in [1.54, 1.807) is 6.07 Å². The molecule has 2 rings (SSSR count). The predicted octanol–water partition coefficient (Wildman–Crippen LogP) is 2.24. The maximum absolute atomic E-state index is 12.4. The summed E-state index contributed by atoms with van der Waals surface area (Å²) >= 11 is 0. The Morgan fingerprint density at radius 3 is 2.53 bits per heavy atom. The minimum Gasteiger partial charge on any atom is -0.480 e. The normalized spacial score (nSPS) is 22.6. The topological polar surface area (TPSA) is 57.6 Å². The zero-order valence-corrected chi connectivity index (χ0v) is 11.5. The molecule has 1 aliphatic heterocycles. The van der Waals surface area contributed by atoms with E-state index >= 15 is 0 Å². The van der Waals surface area contributed by atoms with Crippen molar-refractivity contribution in [3.8, 4) is 0 Å². The van der Waals surface area contributed by atoms with Crippen molar-refractivity contribution in [2.75, 3.05) is 6.54 Å². The van der Waals surface area contributed by atoms with Gasteiger partial charge in [0.25, 0.3) is 5.91 Å². The van der Waals surface area contributed by atoms with Crippen LogP contribution in [0.3, 0.4) is 0 Å². The zero-order chi connectivity index (χ0) is 14.2. The molecule has 2 unspecified atom stereocenters. The van der Waals surface area contributed by atoms with E-state index in [2.05, 4.69) is 0 Å².